The molecule has 0 bridgehead atoms. The van der Waals surface area contributed by atoms with Crippen molar-refractivity contribution in [1.29, 1.82) is 0 Å². The van der Waals surface area contributed by atoms with E-state index in [0.29, 0.717) is 30.2 Å². The standard InChI is InChI=1S/C19H20ClN3O3/c20-16-6-2-15(3-7-16)13-22-19(26)23-17-8-4-14(5-9-17)12-18(25)21-10-1-11-24/h2-9,11H,1,10,12-13H2,(H,21,25)(H2,22,23,26). The van der Waals surface area contributed by atoms with Crippen LogP contribution in [0.1, 0.15) is 17.5 Å². The number of anilines is 1. The lowest BCUT2D eigenvalue weighted by molar-refractivity contribution is -0.120. The summed E-state index contributed by atoms with van der Waals surface area (Å²) in [5, 5.41) is 8.79. The van der Waals surface area contributed by atoms with E-state index in [9.17, 15) is 14.4 Å². The Morgan fingerprint density at radius 1 is 0.923 bits per heavy atom. The Labute approximate surface area is 156 Å². The van der Waals surface area contributed by atoms with Crippen molar-refractivity contribution in [3.8, 4) is 0 Å². The van der Waals surface area contributed by atoms with Crippen molar-refractivity contribution in [1.82, 2.24) is 10.6 Å². The Balaban J connectivity index is 1.77. The molecule has 0 radical (unpaired) electrons. The van der Waals surface area contributed by atoms with E-state index in [1.807, 2.05) is 12.1 Å². The topological polar surface area (TPSA) is 87.3 Å². The van der Waals surface area contributed by atoms with Gasteiger partial charge in [-0.1, -0.05) is 35.9 Å². The lowest BCUT2D eigenvalue weighted by Gasteiger charge is -2.09. The van der Waals surface area contributed by atoms with Gasteiger partial charge in [0, 0.05) is 30.2 Å². The van der Waals surface area contributed by atoms with Gasteiger partial charge in [-0.05, 0) is 35.4 Å². The zero-order valence-corrected chi connectivity index (χ0v) is 14.9. The van der Waals surface area contributed by atoms with Gasteiger partial charge in [0.15, 0.2) is 0 Å². The van der Waals surface area contributed by atoms with E-state index < -0.39 is 0 Å². The first-order chi connectivity index (χ1) is 12.6. The largest absolute Gasteiger partial charge is 0.355 e. The Bertz CT molecular complexity index is 746. The Kier molecular flexibility index (Phi) is 7.64. The first kappa shape index (κ1) is 19.5. The zero-order valence-electron chi connectivity index (χ0n) is 14.1. The van der Waals surface area contributed by atoms with Gasteiger partial charge in [-0.3, -0.25) is 4.79 Å². The predicted octanol–water partition coefficient (Wildman–Crippen LogP) is 2.91. The number of nitrogens with one attached hydrogen (secondary N) is 3. The van der Waals surface area contributed by atoms with E-state index in [1.165, 1.54) is 0 Å². The summed E-state index contributed by atoms with van der Waals surface area (Å²) < 4.78 is 0. The third-order valence-electron chi connectivity index (χ3n) is 3.53. The number of amides is 3. The van der Waals surface area contributed by atoms with Gasteiger partial charge in [-0.25, -0.2) is 4.79 Å². The van der Waals surface area contributed by atoms with Crippen LogP contribution >= 0.6 is 11.6 Å². The van der Waals surface area contributed by atoms with Crippen LogP contribution in [0.3, 0.4) is 0 Å². The van der Waals surface area contributed by atoms with Crippen molar-refractivity contribution in [2.75, 3.05) is 11.9 Å². The van der Waals surface area contributed by atoms with E-state index in [4.69, 9.17) is 11.6 Å². The highest BCUT2D eigenvalue weighted by Gasteiger charge is 2.05. The molecule has 0 spiro atoms. The highest BCUT2D eigenvalue weighted by Crippen LogP contribution is 2.11. The summed E-state index contributed by atoms with van der Waals surface area (Å²) >= 11 is 5.82. The number of carbonyl (C=O) groups is 3. The van der Waals surface area contributed by atoms with Crippen molar-refractivity contribution in [2.45, 2.75) is 19.4 Å². The molecule has 7 heteroatoms. The number of hydrogen-bond donors (Lipinski definition) is 3. The summed E-state index contributed by atoms with van der Waals surface area (Å²) in [5.74, 6) is -0.145. The molecule has 0 atom stereocenters. The van der Waals surface area contributed by atoms with Gasteiger partial charge in [0.2, 0.25) is 5.91 Å². The second-order valence-electron chi connectivity index (χ2n) is 5.61. The van der Waals surface area contributed by atoms with Crippen LogP contribution < -0.4 is 16.0 Å². The highest BCUT2D eigenvalue weighted by molar-refractivity contribution is 6.30. The quantitative estimate of drug-likeness (QED) is 0.491. The number of hydrogen-bond acceptors (Lipinski definition) is 3. The number of halogens is 1. The monoisotopic (exact) mass is 373 g/mol. The van der Waals surface area contributed by atoms with E-state index >= 15 is 0 Å². The lowest BCUT2D eigenvalue weighted by Crippen LogP contribution is -2.28. The van der Waals surface area contributed by atoms with Crippen LogP contribution in [0, 0.1) is 0 Å². The summed E-state index contributed by atoms with van der Waals surface area (Å²) in [4.78, 5) is 33.8. The van der Waals surface area contributed by atoms with Gasteiger partial charge in [0.1, 0.15) is 6.29 Å². The van der Waals surface area contributed by atoms with Crippen LogP contribution in [-0.4, -0.2) is 24.8 Å². The second kappa shape index (κ2) is 10.2. The van der Waals surface area contributed by atoms with Gasteiger partial charge < -0.3 is 20.7 Å². The number of urea groups is 1. The summed E-state index contributed by atoms with van der Waals surface area (Å²) in [6, 6.07) is 13.9. The first-order valence-electron chi connectivity index (χ1n) is 8.15. The number of aldehydes is 1. The summed E-state index contributed by atoms with van der Waals surface area (Å²) in [7, 11) is 0. The summed E-state index contributed by atoms with van der Waals surface area (Å²) in [6.07, 6.45) is 1.29. The van der Waals surface area contributed by atoms with Gasteiger partial charge in [-0.2, -0.15) is 0 Å². The minimum Gasteiger partial charge on any atom is -0.355 e. The Morgan fingerprint density at radius 3 is 2.23 bits per heavy atom. The third kappa shape index (κ3) is 6.94. The fourth-order valence-electron chi connectivity index (χ4n) is 2.18. The lowest BCUT2D eigenvalue weighted by atomic mass is 10.1. The Morgan fingerprint density at radius 2 is 1.58 bits per heavy atom. The molecular formula is C19H20ClN3O3. The molecule has 2 aromatic carbocycles. The van der Waals surface area contributed by atoms with Crippen LogP contribution in [0.2, 0.25) is 5.02 Å². The molecule has 0 aliphatic carbocycles. The number of rotatable bonds is 8. The van der Waals surface area contributed by atoms with Crippen molar-refractivity contribution in [3.63, 3.8) is 0 Å². The van der Waals surface area contributed by atoms with Gasteiger partial charge >= 0.3 is 6.03 Å². The van der Waals surface area contributed by atoms with E-state index in [2.05, 4.69) is 16.0 Å². The van der Waals surface area contributed by atoms with Crippen molar-refractivity contribution in [3.05, 3.63) is 64.7 Å². The van der Waals surface area contributed by atoms with Crippen LogP contribution in [-0.2, 0) is 22.6 Å². The smallest absolute Gasteiger partial charge is 0.319 e. The normalized spacial score (nSPS) is 10.0. The second-order valence-corrected chi connectivity index (χ2v) is 6.05. The fourth-order valence-corrected chi connectivity index (χ4v) is 2.31. The molecule has 26 heavy (non-hydrogen) atoms. The van der Waals surface area contributed by atoms with Crippen LogP contribution in [0.15, 0.2) is 48.5 Å². The van der Waals surface area contributed by atoms with E-state index in [-0.39, 0.29) is 18.4 Å². The third-order valence-corrected chi connectivity index (χ3v) is 3.78. The molecule has 0 fully saturated rings. The number of benzene rings is 2. The maximum Gasteiger partial charge on any atom is 0.319 e. The predicted molar refractivity (Wildman–Crippen MR) is 101 cm³/mol. The van der Waals surface area contributed by atoms with Crippen LogP contribution in [0.5, 0.6) is 0 Å². The fraction of sp³-hybridized carbons (Fsp3) is 0.211. The molecule has 0 heterocycles. The minimum atomic E-state index is -0.320. The maximum absolute atomic E-state index is 11.9. The molecule has 3 N–H and O–H groups in total. The summed E-state index contributed by atoms with van der Waals surface area (Å²) in [5.41, 5.74) is 2.39. The van der Waals surface area contributed by atoms with Gasteiger partial charge in [-0.15, -0.1) is 0 Å². The molecule has 0 unspecified atom stereocenters. The van der Waals surface area contributed by atoms with Gasteiger partial charge in [0.25, 0.3) is 0 Å². The molecule has 6 nitrogen and oxygen atoms in total. The molecule has 0 aliphatic heterocycles. The molecular weight excluding hydrogens is 354 g/mol. The van der Waals surface area contributed by atoms with E-state index in [0.717, 1.165) is 17.4 Å². The molecule has 2 aromatic rings. The average Bonchev–Trinajstić information content (AvgIpc) is 2.63. The SMILES string of the molecule is O=CCCNC(=O)Cc1ccc(NC(=O)NCc2ccc(Cl)cc2)cc1. The molecule has 0 saturated heterocycles. The van der Waals surface area contributed by atoms with Crippen LogP contribution in [0.4, 0.5) is 10.5 Å². The van der Waals surface area contributed by atoms with Gasteiger partial charge in [0.05, 0.1) is 6.42 Å². The van der Waals surface area contributed by atoms with Crippen molar-refractivity contribution in [2.24, 2.45) is 0 Å². The van der Waals surface area contributed by atoms with E-state index in [1.54, 1.807) is 36.4 Å². The highest BCUT2D eigenvalue weighted by atomic mass is 35.5. The molecule has 3 amide bonds. The van der Waals surface area contributed by atoms with Crippen LogP contribution in [0.25, 0.3) is 0 Å². The summed E-state index contributed by atoms with van der Waals surface area (Å²) in [6.45, 7) is 0.734. The molecule has 2 rings (SSSR count). The molecule has 136 valence electrons. The maximum atomic E-state index is 11.9. The Hall–Kier alpha value is -2.86. The first-order valence-corrected chi connectivity index (χ1v) is 8.53. The van der Waals surface area contributed by atoms with Crippen molar-refractivity contribution < 1.29 is 14.4 Å². The molecule has 0 aliphatic rings. The minimum absolute atomic E-state index is 0.145. The van der Waals surface area contributed by atoms with Crippen molar-refractivity contribution >= 4 is 35.5 Å². The molecule has 0 saturated carbocycles. The zero-order chi connectivity index (χ0) is 18.8. The number of carbonyl (C=O) groups excluding carboxylic acids is 3. The average molecular weight is 374 g/mol. The molecule has 0 aromatic heterocycles.